The van der Waals surface area contributed by atoms with Crippen molar-refractivity contribution in [1.82, 2.24) is 0 Å². The number of azo groups is 1. The molecule has 0 amide bonds. The SMILES string of the molecule is Nc1ccc(/N=N/c2ccc([N+](=O)[O-])cc2S(=O)(=O)O)c2ccc(S(=O)(=O)O)cc12. The lowest BCUT2D eigenvalue weighted by Crippen LogP contribution is -2.00. The second-order valence-corrected chi connectivity index (χ2v) is 8.75. The quantitative estimate of drug-likeness (QED) is 0.171. The summed E-state index contributed by atoms with van der Waals surface area (Å²) in [7, 11) is -9.31. The van der Waals surface area contributed by atoms with E-state index in [1.807, 2.05) is 0 Å². The third kappa shape index (κ3) is 4.25. The Morgan fingerprint density at radius 2 is 1.47 bits per heavy atom. The number of rotatable bonds is 5. The van der Waals surface area contributed by atoms with Crippen LogP contribution in [0.1, 0.15) is 0 Å². The molecule has 0 saturated carbocycles. The molecule has 3 aromatic rings. The van der Waals surface area contributed by atoms with Gasteiger partial charge >= 0.3 is 0 Å². The summed E-state index contributed by atoms with van der Waals surface area (Å²) in [6.45, 7) is 0. The normalized spacial score (nSPS) is 12.5. The Hall–Kier alpha value is -3.46. The molecule has 0 unspecified atom stereocenters. The van der Waals surface area contributed by atoms with Crippen LogP contribution in [0.3, 0.4) is 0 Å². The van der Waals surface area contributed by atoms with Crippen molar-refractivity contribution in [2.75, 3.05) is 5.73 Å². The molecule has 0 bridgehead atoms. The number of nitrogens with zero attached hydrogens (tertiary/aromatic N) is 3. The zero-order valence-electron chi connectivity index (χ0n) is 14.7. The van der Waals surface area contributed by atoms with Gasteiger partial charge in [0.15, 0.2) is 0 Å². The largest absolute Gasteiger partial charge is 0.398 e. The first-order valence-corrected chi connectivity index (χ1v) is 10.7. The molecule has 0 aromatic heterocycles. The third-order valence-electron chi connectivity index (χ3n) is 3.99. The summed E-state index contributed by atoms with van der Waals surface area (Å²) in [6.07, 6.45) is 0. The molecule has 0 heterocycles. The Labute approximate surface area is 169 Å². The van der Waals surface area contributed by atoms with E-state index in [4.69, 9.17) is 5.73 Å². The first-order chi connectivity index (χ1) is 13.9. The average molecular weight is 452 g/mol. The number of non-ortho nitro benzene ring substituents is 1. The molecule has 0 atom stereocenters. The van der Waals surface area contributed by atoms with Gasteiger partial charge in [-0.2, -0.15) is 16.8 Å². The number of nitro benzene ring substituents is 1. The molecule has 0 aliphatic carbocycles. The summed E-state index contributed by atoms with van der Waals surface area (Å²) in [5.41, 5.74) is 5.25. The van der Waals surface area contributed by atoms with Gasteiger partial charge < -0.3 is 5.73 Å². The Morgan fingerprint density at radius 3 is 2.07 bits per heavy atom. The summed E-state index contributed by atoms with van der Waals surface area (Å²) in [5.74, 6) is 0. The molecule has 0 aliphatic rings. The van der Waals surface area contributed by atoms with Gasteiger partial charge in [0.1, 0.15) is 10.6 Å². The number of hydrogen-bond donors (Lipinski definition) is 3. The summed E-state index contributed by atoms with van der Waals surface area (Å²) < 4.78 is 64.3. The van der Waals surface area contributed by atoms with Gasteiger partial charge in [0, 0.05) is 28.6 Å². The minimum absolute atomic E-state index is 0.153. The molecule has 156 valence electrons. The minimum atomic E-state index is -4.84. The van der Waals surface area contributed by atoms with Crippen molar-refractivity contribution in [3.8, 4) is 0 Å². The Bertz CT molecular complexity index is 1430. The van der Waals surface area contributed by atoms with Crippen molar-refractivity contribution in [2.24, 2.45) is 10.2 Å². The standard InChI is InChI=1S/C16H12N4O8S2/c17-13-4-6-14(11-3-2-10(8-12(11)13)29(23,24)25)18-19-15-5-1-9(20(21)22)7-16(15)30(26,27)28/h1-8H,17H2,(H,23,24,25)(H,26,27,28)/b19-18+. The van der Waals surface area contributed by atoms with E-state index in [2.05, 4.69) is 10.2 Å². The first kappa shape index (κ1) is 21.3. The van der Waals surface area contributed by atoms with Crippen LogP contribution >= 0.6 is 0 Å². The Kier molecular flexibility index (Phi) is 5.25. The Balaban J connectivity index is 2.15. The zero-order valence-corrected chi connectivity index (χ0v) is 16.3. The molecule has 14 heteroatoms. The molecule has 0 aliphatic heterocycles. The number of fused-ring (bicyclic) bond motifs is 1. The second kappa shape index (κ2) is 7.42. The van der Waals surface area contributed by atoms with E-state index in [0.717, 1.165) is 24.3 Å². The number of nitrogen functional groups attached to an aromatic ring is 1. The van der Waals surface area contributed by atoms with Gasteiger partial charge in [-0.25, -0.2) is 0 Å². The van der Waals surface area contributed by atoms with Crippen LogP contribution in [0.2, 0.25) is 0 Å². The van der Waals surface area contributed by atoms with Crippen LogP contribution in [-0.2, 0) is 20.2 Å². The van der Waals surface area contributed by atoms with Gasteiger partial charge in [-0.3, -0.25) is 19.2 Å². The highest BCUT2D eigenvalue weighted by Crippen LogP contribution is 2.35. The van der Waals surface area contributed by atoms with Gasteiger partial charge in [-0.1, -0.05) is 6.07 Å². The molecular formula is C16H12N4O8S2. The lowest BCUT2D eigenvalue weighted by Gasteiger charge is -2.07. The van der Waals surface area contributed by atoms with Crippen LogP contribution in [0, 0.1) is 10.1 Å². The monoisotopic (exact) mass is 452 g/mol. The van der Waals surface area contributed by atoms with Crippen LogP contribution in [0.4, 0.5) is 22.7 Å². The molecule has 0 spiro atoms. The molecule has 0 saturated heterocycles. The highest BCUT2D eigenvalue weighted by molar-refractivity contribution is 7.86. The average Bonchev–Trinajstić information content (AvgIpc) is 2.65. The van der Waals surface area contributed by atoms with E-state index in [1.165, 1.54) is 18.2 Å². The fraction of sp³-hybridized carbons (Fsp3) is 0. The van der Waals surface area contributed by atoms with Crippen LogP contribution in [0.5, 0.6) is 0 Å². The summed E-state index contributed by atoms with van der Waals surface area (Å²) >= 11 is 0. The predicted octanol–water partition coefficient (Wildman–Crippen LogP) is 3.24. The van der Waals surface area contributed by atoms with Crippen LogP contribution in [0.25, 0.3) is 10.8 Å². The minimum Gasteiger partial charge on any atom is -0.398 e. The smallest absolute Gasteiger partial charge is 0.297 e. The van der Waals surface area contributed by atoms with Crippen molar-refractivity contribution in [1.29, 1.82) is 0 Å². The van der Waals surface area contributed by atoms with Crippen LogP contribution in [-0.4, -0.2) is 30.9 Å². The van der Waals surface area contributed by atoms with Gasteiger partial charge in [0.25, 0.3) is 25.9 Å². The molecular weight excluding hydrogens is 440 g/mol. The highest BCUT2D eigenvalue weighted by Gasteiger charge is 2.20. The maximum atomic E-state index is 11.6. The number of hydrogen-bond acceptors (Lipinski definition) is 9. The molecule has 3 aromatic carbocycles. The van der Waals surface area contributed by atoms with Crippen LogP contribution in [0.15, 0.2) is 68.6 Å². The summed E-state index contributed by atoms with van der Waals surface area (Å²) in [6, 6.07) is 9.02. The number of anilines is 1. The molecule has 0 fully saturated rings. The molecule has 0 radical (unpaired) electrons. The highest BCUT2D eigenvalue weighted by atomic mass is 32.2. The van der Waals surface area contributed by atoms with Crippen molar-refractivity contribution in [3.63, 3.8) is 0 Å². The van der Waals surface area contributed by atoms with Crippen molar-refractivity contribution >= 4 is 53.8 Å². The van der Waals surface area contributed by atoms with Gasteiger partial charge in [-0.05, 0) is 30.3 Å². The molecule has 30 heavy (non-hydrogen) atoms. The van der Waals surface area contributed by atoms with Gasteiger partial charge in [-0.15, -0.1) is 10.2 Å². The fourth-order valence-corrected chi connectivity index (χ4v) is 3.74. The lowest BCUT2D eigenvalue weighted by atomic mass is 10.1. The summed E-state index contributed by atoms with van der Waals surface area (Å²) in [5, 5.41) is 19.1. The maximum Gasteiger partial charge on any atom is 0.297 e. The summed E-state index contributed by atoms with van der Waals surface area (Å²) in [4.78, 5) is 8.81. The van der Waals surface area contributed by atoms with E-state index in [0.29, 0.717) is 11.5 Å². The van der Waals surface area contributed by atoms with Gasteiger partial charge in [0.2, 0.25) is 0 Å². The van der Waals surface area contributed by atoms with Crippen molar-refractivity contribution < 1.29 is 30.9 Å². The van der Waals surface area contributed by atoms with E-state index in [1.54, 1.807) is 0 Å². The maximum absolute atomic E-state index is 11.6. The topological polar surface area (TPSA) is 203 Å². The first-order valence-electron chi connectivity index (χ1n) is 7.85. The number of benzene rings is 3. The van der Waals surface area contributed by atoms with E-state index >= 15 is 0 Å². The molecule has 4 N–H and O–H groups in total. The van der Waals surface area contributed by atoms with Crippen molar-refractivity contribution in [2.45, 2.75) is 9.79 Å². The van der Waals surface area contributed by atoms with E-state index in [-0.39, 0.29) is 27.3 Å². The Morgan fingerprint density at radius 1 is 0.833 bits per heavy atom. The zero-order chi connectivity index (χ0) is 22.3. The van der Waals surface area contributed by atoms with E-state index < -0.39 is 35.7 Å². The lowest BCUT2D eigenvalue weighted by molar-refractivity contribution is -0.385. The van der Waals surface area contributed by atoms with E-state index in [9.17, 15) is 36.1 Å². The van der Waals surface area contributed by atoms with Crippen LogP contribution < -0.4 is 5.73 Å². The van der Waals surface area contributed by atoms with Crippen molar-refractivity contribution in [3.05, 3.63) is 58.6 Å². The molecule has 3 rings (SSSR count). The number of nitro groups is 1. The number of nitrogens with two attached hydrogens (primary N) is 1. The predicted molar refractivity (Wildman–Crippen MR) is 105 cm³/mol. The van der Waals surface area contributed by atoms with Gasteiger partial charge in [0.05, 0.1) is 15.5 Å². The second-order valence-electron chi connectivity index (χ2n) is 5.94. The fourth-order valence-electron chi connectivity index (χ4n) is 2.59. The molecule has 12 nitrogen and oxygen atoms in total. The third-order valence-corrected chi connectivity index (χ3v) is 5.73.